The number of alkyl halides is 2. The molecule has 1 aliphatic heterocycles. The normalized spacial score (nSPS) is 15.7. The fourth-order valence-electron chi connectivity index (χ4n) is 3.89. The highest BCUT2D eigenvalue weighted by molar-refractivity contribution is 7.92. The van der Waals surface area contributed by atoms with E-state index in [2.05, 4.69) is 19.7 Å². The molecular weight excluding hydrogens is 515 g/mol. The Bertz CT molecular complexity index is 1540. The van der Waals surface area contributed by atoms with Gasteiger partial charge in [0.25, 0.3) is 15.9 Å². The molecule has 0 radical (unpaired) electrons. The number of rotatable bonds is 5. The van der Waals surface area contributed by atoms with E-state index in [4.69, 9.17) is 11.6 Å². The molecule has 1 fully saturated rings. The number of aromatic nitrogens is 3. The second-order valence-electron chi connectivity index (χ2n) is 8.40. The first-order valence-electron chi connectivity index (χ1n) is 10.9. The minimum absolute atomic E-state index is 0.0488. The van der Waals surface area contributed by atoms with E-state index in [0.29, 0.717) is 28.0 Å². The molecule has 3 heterocycles. The maximum absolute atomic E-state index is 13.5. The van der Waals surface area contributed by atoms with Gasteiger partial charge in [-0.1, -0.05) is 17.7 Å². The number of sulfonamides is 1. The fourth-order valence-corrected chi connectivity index (χ4v) is 5.16. The number of fused-ring (bicyclic) bond motifs is 1. The van der Waals surface area contributed by atoms with Crippen LogP contribution in [0.4, 0.5) is 24.7 Å². The third-order valence-electron chi connectivity index (χ3n) is 5.89. The summed E-state index contributed by atoms with van der Waals surface area (Å²) in [6.45, 7) is 0.372. The number of pyridine rings is 1. The molecule has 186 valence electrons. The van der Waals surface area contributed by atoms with E-state index in [0.717, 1.165) is 24.3 Å². The van der Waals surface area contributed by atoms with Crippen molar-refractivity contribution in [3.63, 3.8) is 0 Å². The average molecular weight is 534 g/mol. The fraction of sp³-hybridized carbons (Fsp3) is 0.208. The van der Waals surface area contributed by atoms with Gasteiger partial charge in [-0.25, -0.2) is 31.6 Å². The van der Waals surface area contributed by atoms with Crippen LogP contribution >= 0.6 is 11.6 Å². The Morgan fingerprint density at radius 1 is 0.917 bits per heavy atom. The summed E-state index contributed by atoms with van der Waals surface area (Å²) in [5, 5.41) is -0.0609. The van der Waals surface area contributed by atoms with Crippen molar-refractivity contribution in [2.24, 2.45) is 0 Å². The van der Waals surface area contributed by atoms with Gasteiger partial charge in [0.15, 0.2) is 5.15 Å². The number of benzene rings is 2. The molecule has 0 bridgehead atoms. The molecular formula is C24H19ClF3N5O2S. The van der Waals surface area contributed by atoms with Crippen LogP contribution in [-0.4, -0.2) is 42.4 Å². The predicted octanol–water partition coefficient (Wildman–Crippen LogP) is 5.52. The minimum atomic E-state index is -4.03. The summed E-state index contributed by atoms with van der Waals surface area (Å²) in [6, 6.07) is 11.2. The zero-order valence-corrected chi connectivity index (χ0v) is 20.2. The Morgan fingerprint density at radius 3 is 2.36 bits per heavy atom. The van der Waals surface area contributed by atoms with Crippen molar-refractivity contribution in [3.8, 4) is 11.1 Å². The van der Waals surface area contributed by atoms with Crippen molar-refractivity contribution >= 4 is 44.2 Å². The Labute approximate surface area is 210 Å². The molecule has 1 N–H and O–H groups in total. The van der Waals surface area contributed by atoms with Crippen molar-refractivity contribution in [2.75, 3.05) is 22.7 Å². The average Bonchev–Trinajstić information content (AvgIpc) is 2.85. The van der Waals surface area contributed by atoms with Crippen LogP contribution in [0.2, 0.25) is 5.15 Å². The maximum atomic E-state index is 13.5. The largest absolute Gasteiger partial charge is 0.355 e. The van der Waals surface area contributed by atoms with Gasteiger partial charge in [-0.15, -0.1) is 0 Å². The summed E-state index contributed by atoms with van der Waals surface area (Å²) in [7, 11) is -4.03. The number of hydrogen-bond donors (Lipinski definition) is 1. The second kappa shape index (κ2) is 9.21. The Hall–Kier alpha value is -3.44. The standard InChI is InChI=1S/C24H19ClF3N5O2S/c25-23-21(32-36(34,35)18-4-2-17(26)3-5-18)12-16(13-30-23)15-1-6-19-20(11-15)31-22(14-29-19)33-9-7-24(27,28)8-10-33/h1-6,11-14,32H,7-10H2. The predicted molar refractivity (Wildman–Crippen MR) is 131 cm³/mol. The van der Waals surface area contributed by atoms with Gasteiger partial charge in [0.2, 0.25) is 0 Å². The van der Waals surface area contributed by atoms with Gasteiger partial charge >= 0.3 is 0 Å². The van der Waals surface area contributed by atoms with Crippen LogP contribution in [0.25, 0.3) is 22.2 Å². The summed E-state index contributed by atoms with van der Waals surface area (Å²) in [5.74, 6) is -2.71. The van der Waals surface area contributed by atoms with E-state index in [1.54, 1.807) is 29.3 Å². The van der Waals surface area contributed by atoms with Crippen LogP contribution < -0.4 is 9.62 Å². The van der Waals surface area contributed by atoms with Gasteiger partial charge in [0.05, 0.1) is 27.8 Å². The molecule has 0 atom stereocenters. The third-order valence-corrected chi connectivity index (χ3v) is 7.57. The van der Waals surface area contributed by atoms with Gasteiger partial charge in [0, 0.05) is 37.7 Å². The maximum Gasteiger partial charge on any atom is 0.261 e. The minimum Gasteiger partial charge on any atom is -0.355 e. The highest BCUT2D eigenvalue weighted by Crippen LogP contribution is 2.32. The van der Waals surface area contributed by atoms with Crippen molar-refractivity contribution < 1.29 is 21.6 Å². The molecule has 0 spiro atoms. The van der Waals surface area contributed by atoms with E-state index in [1.807, 2.05) is 0 Å². The summed E-state index contributed by atoms with van der Waals surface area (Å²) >= 11 is 6.15. The SMILES string of the molecule is O=S(=O)(Nc1cc(-c2ccc3ncc(N4CCC(F)(F)CC4)nc3c2)cnc1Cl)c1ccc(F)cc1. The van der Waals surface area contributed by atoms with E-state index < -0.39 is 21.8 Å². The van der Waals surface area contributed by atoms with Gasteiger partial charge in [-0.05, 0) is 48.0 Å². The van der Waals surface area contributed by atoms with Crippen LogP contribution in [0.1, 0.15) is 12.8 Å². The Morgan fingerprint density at radius 2 is 1.64 bits per heavy atom. The lowest BCUT2D eigenvalue weighted by Gasteiger charge is -2.32. The van der Waals surface area contributed by atoms with Gasteiger partial charge in [-0.2, -0.15) is 0 Å². The lowest BCUT2D eigenvalue weighted by molar-refractivity contribution is -0.0221. The second-order valence-corrected chi connectivity index (χ2v) is 10.4. The lowest BCUT2D eigenvalue weighted by atomic mass is 10.1. The number of nitrogens with zero attached hydrogens (tertiary/aromatic N) is 4. The van der Waals surface area contributed by atoms with E-state index >= 15 is 0 Å². The Balaban J connectivity index is 1.44. The van der Waals surface area contributed by atoms with E-state index in [1.165, 1.54) is 12.3 Å². The van der Waals surface area contributed by atoms with E-state index in [9.17, 15) is 21.6 Å². The van der Waals surface area contributed by atoms with Crippen molar-refractivity contribution in [1.82, 2.24) is 15.0 Å². The molecule has 0 amide bonds. The molecule has 0 saturated carbocycles. The summed E-state index contributed by atoms with van der Waals surface area (Å²) < 4.78 is 68.1. The van der Waals surface area contributed by atoms with Gasteiger partial charge in [0.1, 0.15) is 11.6 Å². The first-order valence-corrected chi connectivity index (χ1v) is 12.8. The first kappa shape index (κ1) is 24.3. The summed E-state index contributed by atoms with van der Waals surface area (Å²) in [5.41, 5.74) is 2.44. The van der Waals surface area contributed by atoms with Gasteiger partial charge < -0.3 is 4.90 Å². The van der Waals surface area contributed by atoms with Crippen LogP contribution in [-0.2, 0) is 10.0 Å². The van der Waals surface area contributed by atoms with Gasteiger partial charge in [-0.3, -0.25) is 9.71 Å². The molecule has 1 saturated heterocycles. The number of halogens is 4. The molecule has 1 aliphatic rings. The zero-order valence-electron chi connectivity index (χ0n) is 18.6. The van der Waals surface area contributed by atoms with Crippen LogP contribution in [0.5, 0.6) is 0 Å². The van der Waals surface area contributed by atoms with Crippen LogP contribution in [0.3, 0.4) is 0 Å². The number of hydrogen-bond acceptors (Lipinski definition) is 6. The topological polar surface area (TPSA) is 88.1 Å². The smallest absolute Gasteiger partial charge is 0.261 e. The lowest BCUT2D eigenvalue weighted by Crippen LogP contribution is -2.39. The van der Waals surface area contributed by atoms with Crippen molar-refractivity contribution in [2.45, 2.75) is 23.7 Å². The summed E-state index contributed by atoms with van der Waals surface area (Å²) in [6.07, 6.45) is 2.58. The molecule has 0 aliphatic carbocycles. The molecule has 36 heavy (non-hydrogen) atoms. The van der Waals surface area contributed by atoms with Crippen LogP contribution in [0, 0.1) is 5.82 Å². The quantitative estimate of drug-likeness (QED) is 0.340. The van der Waals surface area contributed by atoms with E-state index in [-0.39, 0.29) is 41.7 Å². The highest BCUT2D eigenvalue weighted by atomic mass is 35.5. The Kier molecular flexibility index (Phi) is 6.21. The van der Waals surface area contributed by atoms with Crippen LogP contribution in [0.15, 0.2) is 65.8 Å². The first-order chi connectivity index (χ1) is 17.1. The van der Waals surface area contributed by atoms with Crippen molar-refractivity contribution in [3.05, 3.63) is 71.9 Å². The van der Waals surface area contributed by atoms with Crippen molar-refractivity contribution in [1.29, 1.82) is 0 Å². The number of nitrogens with one attached hydrogen (secondary N) is 1. The molecule has 2 aromatic heterocycles. The zero-order chi connectivity index (χ0) is 25.5. The molecule has 2 aromatic carbocycles. The molecule has 12 heteroatoms. The molecule has 4 aromatic rings. The monoisotopic (exact) mass is 533 g/mol. The molecule has 7 nitrogen and oxygen atoms in total. The number of piperidine rings is 1. The third kappa shape index (κ3) is 5.07. The number of anilines is 2. The summed E-state index contributed by atoms with van der Waals surface area (Å²) in [4.78, 5) is 14.8. The highest BCUT2D eigenvalue weighted by Gasteiger charge is 2.34. The molecule has 0 unspecified atom stereocenters. The molecule has 5 rings (SSSR count).